The van der Waals surface area contributed by atoms with Gasteiger partial charge in [0.15, 0.2) is 0 Å². The third-order valence-electron chi connectivity index (χ3n) is 3.39. The number of rotatable bonds is 4. The van der Waals surface area contributed by atoms with Crippen LogP contribution < -0.4 is 10.1 Å². The van der Waals surface area contributed by atoms with Crippen molar-refractivity contribution in [2.24, 2.45) is 7.05 Å². The summed E-state index contributed by atoms with van der Waals surface area (Å²) in [5.41, 5.74) is 1.54. The standard InChI is InChI=1S/C14H16N4O4/c1-8-13(9(2)17(3)16-8)14(19)15-11-6-5-10(22-4)7-12(11)18(20)21/h5-7H,1-4H3,(H,15,19). The molecule has 0 spiro atoms. The molecule has 0 fully saturated rings. The van der Waals surface area contributed by atoms with Crippen LogP contribution in [0.15, 0.2) is 18.2 Å². The monoisotopic (exact) mass is 304 g/mol. The predicted octanol–water partition coefficient (Wildman–Crippen LogP) is 2.21. The van der Waals surface area contributed by atoms with Crippen molar-refractivity contribution in [2.45, 2.75) is 13.8 Å². The minimum Gasteiger partial charge on any atom is -0.496 e. The second-order valence-electron chi connectivity index (χ2n) is 4.76. The van der Waals surface area contributed by atoms with Gasteiger partial charge in [0.25, 0.3) is 11.6 Å². The Morgan fingerprint density at radius 1 is 1.41 bits per heavy atom. The molecular formula is C14H16N4O4. The zero-order valence-electron chi connectivity index (χ0n) is 12.7. The molecule has 8 nitrogen and oxygen atoms in total. The van der Waals surface area contributed by atoms with Crippen LogP contribution in [0.1, 0.15) is 21.7 Å². The van der Waals surface area contributed by atoms with E-state index in [2.05, 4.69) is 10.4 Å². The number of aryl methyl sites for hydroxylation is 2. The van der Waals surface area contributed by atoms with Gasteiger partial charge in [-0.3, -0.25) is 19.6 Å². The van der Waals surface area contributed by atoms with Crippen LogP contribution in [0.5, 0.6) is 5.75 Å². The summed E-state index contributed by atoms with van der Waals surface area (Å²) in [6.07, 6.45) is 0. The highest BCUT2D eigenvalue weighted by atomic mass is 16.6. The molecule has 116 valence electrons. The molecule has 0 aliphatic heterocycles. The molecule has 2 aromatic rings. The number of hydrogen-bond acceptors (Lipinski definition) is 5. The lowest BCUT2D eigenvalue weighted by Gasteiger charge is -2.08. The zero-order valence-corrected chi connectivity index (χ0v) is 12.7. The number of nitrogens with zero attached hydrogens (tertiary/aromatic N) is 3. The fraction of sp³-hybridized carbons (Fsp3) is 0.286. The molecule has 22 heavy (non-hydrogen) atoms. The highest BCUT2D eigenvalue weighted by molar-refractivity contribution is 6.06. The largest absolute Gasteiger partial charge is 0.496 e. The van der Waals surface area contributed by atoms with E-state index in [4.69, 9.17) is 4.74 Å². The van der Waals surface area contributed by atoms with Crippen LogP contribution in [0.25, 0.3) is 0 Å². The van der Waals surface area contributed by atoms with Gasteiger partial charge in [-0.05, 0) is 26.0 Å². The van der Waals surface area contributed by atoms with E-state index in [-0.39, 0.29) is 11.4 Å². The molecule has 0 aliphatic carbocycles. The Balaban J connectivity index is 2.38. The van der Waals surface area contributed by atoms with Gasteiger partial charge in [-0.1, -0.05) is 0 Å². The second-order valence-corrected chi connectivity index (χ2v) is 4.76. The number of anilines is 1. The van der Waals surface area contributed by atoms with E-state index in [1.807, 2.05) is 0 Å². The number of ether oxygens (including phenoxy) is 1. The maximum atomic E-state index is 12.4. The smallest absolute Gasteiger partial charge is 0.296 e. The Bertz CT molecular complexity index is 752. The van der Waals surface area contributed by atoms with Gasteiger partial charge in [0.2, 0.25) is 0 Å². The first kappa shape index (κ1) is 15.5. The normalized spacial score (nSPS) is 10.4. The molecular weight excluding hydrogens is 288 g/mol. The van der Waals surface area contributed by atoms with E-state index < -0.39 is 10.8 Å². The van der Waals surface area contributed by atoms with Crippen molar-refractivity contribution in [1.29, 1.82) is 0 Å². The summed E-state index contributed by atoms with van der Waals surface area (Å²) in [6.45, 7) is 3.47. The quantitative estimate of drug-likeness (QED) is 0.689. The van der Waals surface area contributed by atoms with Crippen molar-refractivity contribution in [3.05, 3.63) is 45.3 Å². The summed E-state index contributed by atoms with van der Waals surface area (Å²) in [4.78, 5) is 22.9. The second kappa shape index (κ2) is 5.84. The van der Waals surface area contributed by atoms with Crippen LogP contribution in [-0.2, 0) is 7.05 Å². The first-order valence-electron chi connectivity index (χ1n) is 6.49. The fourth-order valence-electron chi connectivity index (χ4n) is 2.18. The molecule has 1 aromatic heterocycles. The van der Waals surface area contributed by atoms with Crippen LogP contribution >= 0.6 is 0 Å². The summed E-state index contributed by atoms with van der Waals surface area (Å²) in [5.74, 6) is -0.0881. The van der Waals surface area contributed by atoms with E-state index in [1.165, 1.54) is 19.2 Å². The molecule has 1 N–H and O–H groups in total. The molecule has 0 saturated heterocycles. The number of methoxy groups -OCH3 is 1. The van der Waals surface area contributed by atoms with Crippen molar-refractivity contribution >= 4 is 17.3 Å². The fourth-order valence-corrected chi connectivity index (χ4v) is 2.18. The number of carbonyl (C=O) groups is 1. The third kappa shape index (κ3) is 2.76. The van der Waals surface area contributed by atoms with E-state index in [1.54, 1.807) is 31.6 Å². The maximum absolute atomic E-state index is 12.4. The van der Waals surface area contributed by atoms with Crippen molar-refractivity contribution in [3.8, 4) is 5.75 Å². The van der Waals surface area contributed by atoms with Crippen LogP contribution in [-0.4, -0.2) is 27.7 Å². The molecule has 0 atom stereocenters. The van der Waals surface area contributed by atoms with Gasteiger partial charge in [0.1, 0.15) is 11.4 Å². The van der Waals surface area contributed by atoms with E-state index in [0.29, 0.717) is 22.7 Å². The average molecular weight is 304 g/mol. The molecule has 1 aromatic carbocycles. The van der Waals surface area contributed by atoms with Gasteiger partial charge in [-0.2, -0.15) is 5.10 Å². The van der Waals surface area contributed by atoms with E-state index in [0.717, 1.165) is 0 Å². The Kier molecular flexibility index (Phi) is 4.11. The summed E-state index contributed by atoms with van der Waals surface area (Å²) in [7, 11) is 3.15. The molecule has 1 amide bonds. The number of nitro benzene ring substituents is 1. The molecule has 0 radical (unpaired) electrons. The van der Waals surface area contributed by atoms with Gasteiger partial charge < -0.3 is 10.1 Å². The number of benzene rings is 1. The Morgan fingerprint density at radius 2 is 2.09 bits per heavy atom. The van der Waals surface area contributed by atoms with Gasteiger partial charge in [-0.25, -0.2) is 0 Å². The van der Waals surface area contributed by atoms with Crippen molar-refractivity contribution in [2.75, 3.05) is 12.4 Å². The summed E-state index contributed by atoms with van der Waals surface area (Å²) >= 11 is 0. The number of nitro groups is 1. The summed E-state index contributed by atoms with van der Waals surface area (Å²) in [6, 6.07) is 4.25. The first-order valence-corrected chi connectivity index (χ1v) is 6.49. The van der Waals surface area contributed by atoms with E-state index >= 15 is 0 Å². The Morgan fingerprint density at radius 3 is 2.59 bits per heavy atom. The molecule has 0 aliphatic rings. The minimum atomic E-state index is -0.568. The topological polar surface area (TPSA) is 99.3 Å². The number of hydrogen-bond donors (Lipinski definition) is 1. The van der Waals surface area contributed by atoms with Crippen molar-refractivity contribution < 1.29 is 14.5 Å². The Labute approximate surface area is 126 Å². The minimum absolute atomic E-state index is 0.110. The number of carbonyl (C=O) groups excluding carboxylic acids is 1. The molecule has 2 rings (SSSR count). The first-order chi connectivity index (χ1) is 10.3. The third-order valence-corrected chi connectivity index (χ3v) is 3.39. The highest BCUT2D eigenvalue weighted by Crippen LogP contribution is 2.29. The highest BCUT2D eigenvalue weighted by Gasteiger charge is 2.21. The molecule has 0 bridgehead atoms. The van der Waals surface area contributed by atoms with E-state index in [9.17, 15) is 14.9 Å². The molecule has 0 unspecified atom stereocenters. The van der Waals surface area contributed by atoms with Gasteiger partial charge in [0, 0.05) is 12.7 Å². The number of amides is 1. The average Bonchev–Trinajstić information content (AvgIpc) is 2.72. The number of aromatic nitrogens is 2. The SMILES string of the molecule is COc1ccc(NC(=O)c2c(C)nn(C)c2C)c([N+](=O)[O-])c1. The lowest BCUT2D eigenvalue weighted by Crippen LogP contribution is -2.15. The van der Waals surface area contributed by atoms with Gasteiger partial charge in [-0.15, -0.1) is 0 Å². The molecule has 8 heteroatoms. The van der Waals surface area contributed by atoms with Crippen LogP contribution in [0, 0.1) is 24.0 Å². The van der Waals surface area contributed by atoms with Gasteiger partial charge >= 0.3 is 0 Å². The van der Waals surface area contributed by atoms with Crippen molar-refractivity contribution in [3.63, 3.8) is 0 Å². The van der Waals surface area contributed by atoms with Crippen molar-refractivity contribution in [1.82, 2.24) is 9.78 Å². The van der Waals surface area contributed by atoms with Crippen LogP contribution in [0.3, 0.4) is 0 Å². The lowest BCUT2D eigenvalue weighted by atomic mass is 10.1. The summed E-state index contributed by atoms with van der Waals surface area (Å²) in [5, 5.41) is 17.9. The molecule has 0 saturated carbocycles. The van der Waals surface area contributed by atoms with Gasteiger partial charge in [0.05, 0.1) is 29.4 Å². The van der Waals surface area contributed by atoms with Crippen LogP contribution in [0.2, 0.25) is 0 Å². The zero-order chi connectivity index (χ0) is 16.4. The lowest BCUT2D eigenvalue weighted by molar-refractivity contribution is -0.384. The van der Waals surface area contributed by atoms with Crippen LogP contribution in [0.4, 0.5) is 11.4 Å². The number of nitrogens with one attached hydrogen (secondary N) is 1. The predicted molar refractivity (Wildman–Crippen MR) is 80.3 cm³/mol. The summed E-state index contributed by atoms with van der Waals surface area (Å²) < 4.78 is 6.55. The molecule has 1 heterocycles. The maximum Gasteiger partial charge on any atom is 0.296 e. The Hall–Kier alpha value is -2.90.